The minimum Gasteiger partial charge on any atom is -0.449 e. The van der Waals surface area contributed by atoms with Crippen LogP contribution in [0.2, 0.25) is 0 Å². The van der Waals surface area contributed by atoms with E-state index in [2.05, 4.69) is 0 Å². The smallest absolute Gasteiger partial charge is 0.414 e. The lowest BCUT2D eigenvalue weighted by Crippen LogP contribution is -2.47. The van der Waals surface area contributed by atoms with Crippen LogP contribution in [-0.2, 0) is 20.7 Å². The summed E-state index contributed by atoms with van der Waals surface area (Å²) < 4.78 is 4.99. The summed E-state index contributed by atoms with van der Waals surface area (Å²) in [5, 5.41) is 0. The first-order valence-corrected chi connectivity index (χ1v) is 8.23. The first-order chi connectivity index (χ1) is 12.0. The van der Waals surface area contributed by atoms with Crippen LogP contribution in [0.1, 0.15) is 12.5 Å². The fourth-order valence-corrected chi connectivity index (χ4v) is 3.12. The highest BCUT2D eigenvalue weighted by Crippen LogP contribution is 2.30. The van der Waals surface area contributed by atoms with Crippen LogP contribution in [0, 0.1) is 5.92 Å². The minimum atomic E-state index is -0.762. The molecule has 1 aromatic rings. The van der Waals surface area contributed by atoms with Crippen LogP contribution in [0.3, 0.4) is 0 Å². The Labute approximate surface area is 146 Å². The number of ketones is 1. The van der Waals surface area contributed by atoms with Crippen LogP contribution < -0.4 is 0 Å². The lowest BCUT2D eigenvalue weighted by Gasteiger charge is -2.35. The normalized spacial score (nSPS) is 20.0. The standard InChI is InChI=1S/C19H20N2O4/c1-3-25-19(24)21-10-9-16-15(12-21)17(22)14(18(23)20(16)2)11-13-7-5-4-6-8-13/h4-10,14H,3,11-12H2,1-2H3. The third-order valence-corrected chi connectivity index (χ3v) is 4.44. The summed E-state index contributed by atoms with van der Waals surface area (Å²) in [6.07, 6.45) is 3.01. The van der Waals surface area contributed by atoms with Crippen molar-refractivity contribution in [1.29, 1.82) is 0 Å². The molecule has 6 heteroatoms. The highest BCUT2D eigenvalue weighted by molar-refractivity contribution is 6.14. The molecule has 0 radical (unpaired) electrons. The van der Waals surface area contributed by atoms with Crippen molar-refractivity contribution in [2.75, 3.05) is 20.2 Å². The monoisotopic (exact) mass is 340 g/mol. The topological polar surface area (TPSA) is 66.9 Å². The second-order valence-electron chi connectivity index (χ2n) is 6.01. The zero-order chi connectivity index (χ0) is 18.0. The van der Waals surface area contributed by atoms with Gasteiger partial charge in [0.05, 0.1) is 18.8 Å². The predicted octanol–water partition coefficient (Wildman–Crippen LogP) is 2.13. The Kier molecular flexibility index (Phi) is 4.70. The van der Waals surface area contributed by atoms with Gasteiger partial charge in [-0.15, -0.1) is 0 Å². The third-order valence-electron chi connectivity index (χ3n) is 4.44. The van der Waals surface area contributed by atoms with Gasteiger partial charge in [0.1, 0.15) is 5.92 Å². The number of amides is 2. The predicted molar refractivity (Wildman–Crippen MR) is 91.3 cm³/mol. The molecule has 2 aliphatic heterocycles. The number of carbonyl (C=O) groups is 3. The zero-order valence-electron chi connectivity index (χ0n) is 14.3. The van der Waals surface area contributed by atoms with Gasteiger partial charge in [0.25, 0.3) is 0 Å². The molecule has 0 aromatic heterocycles. The first-order valence-electron chi connectivity index (χ1n) is 8.23. The van der Waals surface area contributed by atoms with Crippen molar-refractivity contribution in [2.24, 2.45) is 5.92 Å². The van der Waals surface area contributed by atoms with Gasteiger partial charge in [0, 0.05) is 18.8 Å². The summed E-state index contributed by atoms with van der Waals surface area (Å²) in [5.74, 6) is -1.20. The maximum absolute atomic E-state index is 12.9. The molecule has 0 bridgehead atoms. The Morgan fingerprint density at radius 2 is 1.96 bits per heavy atom. The van der Waals surface area contributed by atoms with Gasteiger partial charge >= 0.3 is 6.09 Å². The van der Waals surface area contributed by atoms with Crippen molar-refractivity contribution in [3.05, 3.63) is 59.4 Å². The molecule has 3 rings (SSSR count). The highest BCUT2D eigenvalue weighted by atomic mass is 16.6. The summed E-state index contributed by atoms with van der Waals surface area (Å²) in [4.78, 5) is 40.4. The van der Waals surface area contributed by atoms with Crippen LogP contribution in [0.25, 0.3) is 0 Å². The van der Waals surface area contributed by atoms with Crippen molar-refractivity contribution >= 4 is 17.8 Å². The van der Waals surface area contributed by atoms with E-state index in [9.17, 15) is 14.4 Å². The Hall–Kier alpha value is -2.89. The fourth-order valence-electron chi connectivity index (χ4n) is 3.12. The summed E-state index contributed by atoms with van der Waals surface area (Å²) >= 11 is 0. The van der Waals surface area contributed by atoms with Crippen LogP contribution in [0.4, 0.5) is 4.79 Å². The average Bonchev–Trinajstić information content (AvgIpc) is 2.64. The second-order valence-corrected chi connectivity index (χ2v) is 6.01. The number of likely N-dealkylation sites (N-methyl/N-ethyl adjacent to an activating group) is 1. The van der Waals surface area contributed by atoms with Gasteiger partial charge < -0.3 is 9.64 Å². The molecule has 0 saturated carbocycles. The Bertz CT molecular complexity index is 767. The molecule has 130 valence electrons. The van der Waals surface area contributed by atoms with Crippen LogP contribution in [0.15, 0.2) is 53.9 Å². The molecule has 1 atom stereocenters. The van der Waals surface area contributed by atoms with Crippen molar-refractivity contribution in [3.63, 3.8) is 0 Å². The molecule has 0 spiro atoms. The number of ether oxygens (including phenoxy) is 1. The van der Waals surface area contributed by atoms with E-state index in [4.69, 9.17) is 4.74 Å². The Balaban J connectivity index is 1.86. The summed E-state index contributed by atoms with van der Waals surface area (Å²) in [7, 11) is 1.66. The number of hydrogen-bond donors (Lipinski definition) is 0. The third kappa shape index (κ3) is 3.20. The van der Waals surface area contributed by atoms with E-state index in [1.54, 1.807) is 26.2 Å². The summed E-state index contributed by atoms with van der Waals surface area (Å²) in [6.45, 7) is 2.11. The SMILES string of the molecule is CCOC(=O)N1C=CC2=C(C1)C(=O)C(Cc1ccccc1)C(=O)N2C. The maximum atomic E-state index is 12.9. The molecular formula is C19H20N2O4. The molecule has 2 heterocycles. The van der Waals surface area contributed by atoms with Crippen LogP contribution in [0.5, 0.6) is 0 Å². The fraction of sp³-hybridized carbons (Fsp3) is 0.316. The Morgan fingerprint density at radius 1 is 1.24 bits per heavy atom. The Morgan fingerprint density at radius 3 is 2.64 bits per heavy atom. The highest BCUT2D eigenvalue weighted by Gasteiger charge is 2.40. The number of rotatable bonds is 3. The van der Waals surface area contributed by atoms with E-state index < -0.39 is 12.0 Å². The molecule has 1 aromatic carbocycles. The second kappa shape index (κ2) is 6.93. The van der Waals surface area contributed by atoms with Crippen molar-refractivity contribution in [3.8, 4) is 0 Å². The van der Waals surface area contributed by atoms with E-state index in [0.717, 1.165) is 5.56 Å². The molecule has 2 aliphatic rings. The van der Waals surface area contributed by atoms with E-state index in [-0.39, 0.29) is 24.8 Å². The van der Waals surface area contributed by atoms with Gasteiger partial charge in [0.2, 0.25) is 5.91 Å². The molecule has 6 nitrogen and oxygen atoms in total. The number of allylic oxidation sites excluding steroid dienone is 1. The molecular weight excluding hydrogens is 320 g/mol. The van der Waals surface area contributed by atoms with Gasteiger partial charge in [-0.2, -0.15) is 0 Å². The summed E-state index contributed by atoms with van der Waals surface area (Å²) in [6, 6.07) is 9.46. The lowest BCUT2D eigenvalue weighted by molar-refractivity contribution is -0.139. The zero-order valence-corrected chi connectivity index (χ0v) is 14.3. The lowest BCUT2D eigenvalue weighted by atomic mass is 9.85. The number of carbonyl (C=O) groups excluding carboxylic acids is 3. The van der Waals surface area contributed by atoms with Gasteiger partial charge in [-0.25, -0.2) is 4.79 Å². The van der Waals surface area contributed by atoms with Gasteiger partial charge in [0.15, 0.2) is 5.78 Å². The minimum absolute atomic E-state index is 0.117. The molecule has 0 saturated heterocycles. The molecule has 1 unspecified atom stereocenters. The largest absolute Gasteiger partial charge is 0.449 e. The van der Waals surface area contributed by atoms with E-state index in [1.165, 1.54) is 9.80 Å². The van der Waals surface area contributed by atoms with Crippen LogP contribution >= 0.6 is 0 Å². The van der Waals surface area contributed by atoms with E-state index in [0.29, 0.717) is 17.7 Å². The van der Waals surface area contributed by atoms with Gasteiger partial charge in [-0.3, -0.25) is 14.5 Å². The maximum Gasteiger partial charge on any atom is 0.414 e. The van der Waals surface area contributed by atoms with Gasteiger partial charge in [-0.1, -0.05) is 30.3 Å². The van der Waals surface area contributed by atoms with Crippen molar-refractivity contribution in [1.82, 2.24) is 9.80 Å². The van der Waals surface area contributed by atoms with Crippen LogP contribution in [-0.4, -0.2) is 47.8 Å². The number of nitrogens with zero attached hydrogens (tertiary/aromatic N) is 2. The van der Waals surface area contributed by atoms with Gasteiger partial charge in [-0.05, 0) is 25.0 Å². The van der Waals surface area contributed by atoms with E-state index in [1.807, 2.05) is 30.3 Å². The van der Waals surface area contributed by atoms with Crippen molar-refractivity contribution in [2.45, 2.75) is 13.3 Å². The average molecular weight is 340 g/mol. The van der Waals surface area contributed by atoms with Crippen molar-refractivity contribution < 1.29 is 19.1 Å². The molecule has 0 N–H and O–H groups in total. The molecule has 0 fully saturated rings. The number of hydrogen-bond acceptors (Lipinski definition) is 4. The summed E-state index contributed by atoms with van der Waals surface area (Å²) in [5.41, 5.74) is 1.96. The molecule has 0 aliphatic carbocycles. The molecule has 2 amide bonds. The molecule has 25 heavy (non-hydrogen) atoms. The van der Waals surface area contributed by atoms with E-state index >= 15 is 0 Å². The first kappa shape index (κ1) is 17.0. The number of benzene rings is 1. The number of Topliss-reactive ketones (excluding diaryl/α,β-unsaturated/α-hetero) is 1. The quantitative estimate of drug-likeness (QED) is 0.791.